The Hall–Kier alpha value is -2.08. The quantitative estimate of drug-likeness (QED) is 0.721. The molecule has 0 bridgehead atoms. The summed E-state index contributed by atoms with van der Waals surface area (Å²) in [5.74, 6) is -1.71. The van der Waals surface area contributed by atoms with Crippen molar-refractivity contribution in [3.63, 3.8) is 0 Å². The van der Waals surface area contributed by atoms with Crippen molar-refractivity contribution in [1.82, 2.24) is 5.32 Å². The molecule has 6 heteroatoms. The summed E-state index contributed by atoms with van der Waals surface area (Å²) in [6.45, 7) is 0.250. The number of aromatic hydroxyl groups is 1. The number of amides is 1. The SMILES string of the molecule is O=C(N[C@@]1(C(=O)O)CCOC1)c1cccc(O)c1. The van der Waals surface area contributed by atoms with Gasteiger partial charge in [-0.05, 0) is 18.2 Å². The standard InChI is InChI=1S/C12H13NO5/c14-9-3-1-2-8(6-9)10(15)13-12(11(16)17)4-5-18-7-12/h1-3,6,14H,4-5,7H2,(H,13,15)(H,16,17)/t12-/m0/s1. The van der Waals surface area contributed by atoms with E-state index in [1.165, 1.54) is 24.3 Å². The number of hydrogen-bond acceptors (Lipinski definition) is 4. The minimum atomic E-state index is -1.37. The van der Waals surface area contributed by atoms with Gasteiger partial charge in [-0.15, -0.1) is 0 Å². The van der Waals surface area contributed by atoms with Crippen molar-refractivity contribution >= 4 is 11.9 Å². The Morgan fingerprint density at radius 2 is 2.17 bits per heavy atom. The van der Waals surface area contributed by atoms with Crippen molar-refractivity contribution in [3.8, 4) is 5.75 Å². The lowest BCUT2D eigenvalue weighted by atomic mass is 9.98. The van der Waals surface area contributed by atoms with E-state index in [0.29, 0.717) is 6.61 Å². The number of nitrogens with one attached hydrogen (secondary N) is 1. The Bertz CT molecular complexity index is 479. The smallest absolute Gasteiger partial charge is 0.331 e. The molecular formula is C12H13NO5. The van der Waals surface area contributed by atoms with Crippen molar-refractivity contribution in [3.05, 3.63) is 29.8 Å². The Balaban J connectivity index is 2.18. The zero-order valence-corrected chi connectivity index (χ0v) is 9.55. The van der Waals surface area contributed by atoms with E-state index in [2.05, 4.69) is 5.32 Å². The highest BCUT2D eigenvalue weighted by Crippen LogP contribution is 2.20. The van der Waals surface area contributed by atoms with E-state index in [-0.39, 0.29) is 24.3 Å². The van der Waals surface area contributed by atoms with Crippen LogP contribution in [0.2, 0.25) is 0 Å². The molecule has 2 rings (SSSR count). The second kappa shape index (κ2) is 4.66. The van der Waals surface area contributed by atoms with Gasteiger partial charge in [0.15, 0.2) is 5.54 Å². The number of carboxylic acid groups (broad SMARTS) is 1. The van der Waals surface area contributed by atoms with Crippen molar-refractivity contribution in [2.45, 2.75) is 12.0 Å². The van der Waals surface area contributed by atoms with E-state index in [9.17, 15) is 19.8 Å². The lowest BCUT2D eigenvalue weighted by Crippen LogP contribution is -2.55. The van der Waals surface area contributed by atoms with Crippen molar-refractivity contribution in [2.75, 3.05) is 13.2 Å². The third-order valence-electron chi connectivity index (χ3n) is 2.89. The van der Waals surface area contributed by atoms with Crippen molar-refractivity contribution in [2.24, 2.45) is 0 Å². The number of aliphatic carboxylic acids is 1. The topological polar surface area (TPSA) is 95.9 Å². The highest BCUT2D eigenvalue weighted by atomic mass is 16.5. The Labute approximate surface area is 103 Å². The maximum Gasteiger partial charge on any atom is 0.331 e. The zero-order valence-electron chi connectivity index (χ0n) is 9.55. The molecule has 1 aromatic carbocycles. The molecule has 18 heavy (non-hydrogen) atoms. The molecule has 1 aliphatic rings. The van der Waals surface area contributed by atoms with Gasteiger partial charge in [-0.25, -0.2) is 4.79 Å². The third-order valence-corrected chi connectivity index (χ3v) is 2.89. The fourth-order valence-electron chi connectivity index (χ4n) is 1.82. The van der Waals surface area contributed by atoms with E-state index in [4.69, 9.17) is 4.74 Å². The molecule has 96 valence electrons. The Kier molecular flexibility index (Phi) is 3.20. The van der Waals surface area contributed by atoms with Gasteiger partial charge in [0.2, 0.25) is 0 Å². The molecule has 0 unspecified atom stereocenters. The largest absolute Gasteiger partial charge is 0.508 e. The molecule has 6 nitrogen and oxygen atoms in total. The highest BCUT2D eigenvalue weighted by Gasteiger charge is 2.44. The molecule has 0 saturated carbocycles. The molecule has 1 atom stereocenters. The van der Waals surface area contributed by atoms with Gasteiger partial charge < -0.3 is 20.3 Å². The van der Waals surface area contributed by atoms with Crippen LogP contribution in [0.4, 0.5) is 0 Å². The molecule has 1 fully saturated rings. The Morgan fingerprint density at radius 1 is 1.39 bits per heavy atom. The van der Waals surface area contributed by atoms with Gasteiger partial charge in [0.1, 0.15) is 5.75 Å². The van der Waals surface area contributed by atoms with E-state index < -0.39 is 17.4 Å². The third kappa shape index (κ3) is 2.28. The fraction of sp³-hybridized carbons (Fsp3) is 0.333. The van der Waals surface area contributed by atoms with Crippen LogP contribution in [0.3, 0.4) is 0 Å². The van der Waals surface area contributed by atoms with Crippen molar-refractivity contribution < 1.29 is 24.5 Å². The summed E-state index contributed by atoms with van der Waals surface area (Å²) in [5, 5.41) is 20.9. The molecule has 1 heterocycles. The number of carbonyl (C=O) groups is 2. The van der Waals surface area contributed by atoms with Crippen LogP contribution in [0.1, 0.15) is 16.8 Å². The highest BCUT2D eigenvalue weighted by molar-refractivity contribution is 5.98. The number of rotatable bonds is 3. The number of ether oxygens (including phenoxy) is 1. The zero-order chi connectivity index (χ0) is 13.2. The second-order valence-corrected chi connectivity index (χ2v) is 4.19. The average Bonchev–Trinajstić information content (AvgIpc) is 2.79. The molecule has 0 aromatic heterocycles. The second-order valence-electron chi connectivity index (χ2n) is 4.19. The number of phenolic OH excluding ortho intramolecular Hbond substituents is 1. The Morgan fingerprint density at radius 3 is 2.72 bits per heavy atom. The van der Waals surface area contributed by atoms with Gasteiger partial charge in [0.25, 0.3) is 5.91 Å². The monoisotopic (exact) mass is 251 g/mol. The maximum atomic E-state index is 11.9. The molecule has 1 amide bonds. The van der Waals surface area contributed by atoms with Crippen LogP contribution in [-0.2, 0) is 9.53 Å². The summed E-state index contributed by atoms with van der Waals surface area (Å²) in [6.07, 6.45) is 0.229. The average molecular weight is 251 g/mol. The maximum absolute atomic E-state index is 11.9. The van der Waals surface area contributed by atoms with E-state index in [1.807, 2.05) is 0 Å². The predicted octanol–water partition coefficient (Wildman–Crippen LogP) is 0.366. The van der Waals surface area contributed by atoms with E-state index in [0.717, 1.165) is 0 Å². The summed E-state index contributed by atoms with van der Waals surface area (Å²) < 4.78 is 5.04. The fourth-order valence-corrected chi connectivity index (χ4v) is 1.82. The van der Waals surface area contributed by atoms with Crippen LogP contribution in [0, 0.1) is 0 Å². The van der Waals surface area contributed by atoms with Crippen molar-refractivity contribution in [1.29, 1.82) is 0 Å². The van der Waals surface area contributed by atoms with Gasteiger partial charge in [-0.3, -0.25) is 4.79 Å². The van der Waals surface area contributed by atoms with Crippen LogP contribution in [0.5, 0.6) is 5.75 Å². The molecule has 0 radical (unpaired) electrons. The first-order valence-corrected chi connectivity index (χ1v) is 5.46. The molecule has 1 aliphatic heterocycles. The van der Waals surface area contributed by atoms with Crippen LogP contribution in [-0.4, -0.2) is 40.8 Å². The minimum Gasteiger partial charge on any atom is -0.508 e. The number of hydrogen-bond donors (Lipinski definition) is 3. The molecule has 1 aromatic rings. The van der Waals surface area contributed by atoms with Crippen LogP contribution < -0.4 is 5.32 Å². The first-order valence-electron chi connectivity index (χ1n) is 5.46. The summed E-state index contributed by atoms with van der Waals surface area (Å²) in [4.78, 5) is 23.1. The molecule has 3 N–H and O–H groups in total. The first-order chi connectivity index (χ1) is 8.53. The lowest BCUT2D eigenvalue weighted by molar-refractivity contribution is -0.144. The van der Waals surface area contributed by atoms with E-state index in [1.54, 1.807) is 0 Å². The van der Waals surface area contributed by atoms with Gasteiger partial charge in [-0.1, -0.05) is 6.07 Å². The lowest BCUT2D eigenvalue weighted by Gasteiger charge is -2.23. The normalized spacial score (nSPS) is 22.7. The van der Waals surface area contributed by atoms with Gasteiger partial charge in [0.05, 0.1) is 6.61 Å². The molecule has 0 spiro atoms. The molecule has 0 aliphatic carbocycles. The number of carbonyl (C=O) groups excluding carboxylic acids is 1. The van der Waals surface area contributed by atoms with Gasteiger partial charge >= 0.3 is 5.97 Å². The minimum absolute atomic E-state index is 0.0466. The van der Waals surface area contributed by atoms with Crippen LogP contribution in [0.25, 0.3) is 0 Å². The number of benzene rings is 1. The van der Waals surface area contributed by atoms with Crippen LogP contribution >= 0.6 is 0 Å². The molecular weight excluding hydrogens is 238 g/mol. The predicted molar refractivity (Wildman–Crippen MR) is 61.4 cm³/mol. The summed E-state index contributed by atoms with van der Waals surface area (Å²) in [5.41, 5.74) is -1.16. The number of phenols is 1. The van der Waals surface area contributed by atoms with Gasteiger partial charge in [-0.2, -0.15) is 0 Å². The van der Waals surface area contributed by atoms with Crippen LogP contribution in [0.15, 0.2) is 24.3 Å². The molecule has 1 saturated heterocycles. The first kappa shape index (κ1) is 12.4. The summed E-state index contributed by atoms with van der Waals surface area (Å²) in [7, 11) is 0. The van der Waals surface area contributed by atoms with E-state index >= 15 is 0 Å². The summed E-state index contributed by atoms with van der Waals surface area (Å²) in [6, 6.07) is 5.73. The summed E-state index contributed by atoms with van der Waals surface area (Å²) >= 11 is 0. The number of carboxylic acids is 1. The van der Waals surface area contributed by atoms with Gasteiger partial charge in [0, 0.05) is 18.6 Å².